The summed E-state index contributed by atoms with van der Waals surface area (Å²) in [5.74, 6) is 0.589. The summed E-state index contributed by atoms with van der Waals surface area (Å²) in [5, 5.41) is 8.80. The zero-order valence-electron chi connectivity index (χ0n) is 13.1. The second-order valence-corrected chi connectivity index (χ2v) is 5.44. The Morgan fingerprint density at radius 2 is 2.08 bits per heavy atom. The number of halogens is 1. The second-order valence-electron chi connectivity index (χ2n) is 5.44. The first-order chi connectivity index (χ1) is 11.4. The number of hydrogen-bond donors (Lipinski definition) is 1. The SMILES string of the molecule is Cl.c1ccc(-n2nc(OCC3CNCCO3)c3cccnc32)cc1. The topological polar surface area (TPSA) is 61.2 Å². The summed E-state index contributed by atoms with van der Waals surface area (Å²) in [6, 6.07) is 13.8. The van der Waals surface area contributed by atoms with E-state index in [4.69, 9.17) is 9.47 Å². The Morgan fingerprint density at radius 3 is 2.88 bits per heavy atom. The molecule has 1 N–H and O–H groups in total. The van der Waals surface area contributed by atoms with Crippen molar-refractivity contribution in [3.8, 4) is 11.6 Å². The molecule has 1 saturated heterocycles. The van der Waals surface area contributed by atoms with Crippen LogP contribution in [0, 0.1) is 0 Å². The van der Waals surface area contributed by atoms with Crippen molar-refractivity contribution in [3.63, 3.8) is 0 Å². The highest BCUT2D eigenvalue weighted by Crippen LogP contribution is 2.25. The number of hydrogen-bond acceptors (Lipinski definition) is 5. The number of benzene rings is 1. The Balaban J connectivity index is 0.00000169. The number of ether oxygens (including phenoxy) is 2. The van der Waals surface area contributed by atoms with Crippen molar-refractivity contribution in [2.45, 2.75) is 6.10 Å². The predicted octanol–water partition coefficient (Wildman–Crippen LogP) is 2.21. The van der Waals surface area contributed by atoms with Gasteiger partial charge >= 0.3 is 0 Å². The molecule has 7 heteroatoms. The average Bonchev–Trinajstić information content (AvgIpc) is 3.01. The maximum Gasteiger partial charge on any atom is 0.243 e. The molecule has 0 spiro atoms. The maximum absolute atomic E-state index is 5.92. The maximum atomic E-state index is 5.92. The number of pyridine rings is 1. The lowest BCUT2D eigenvalue weighted by Crippen LogP contribution is -2.41. The molecule has 2 aromatic heterocycles. The van der Waals surface area contributed by atoms with E-state index < -0.39 is 0 Å². The minimum atomic E-state index is 0. The van der Waals surface area contributed by atoms with Crippen molar-refractivity contribution in [1.82, 2.24) is 20.1 Å². The van der Waals surface area contributed by atoms with E-state index in [1.54, 1.807) is 6.20 Å². The molecular weight excluding hydrogens is 328 g/mol. The summed E-state index contributed by atoms with van der Waals surface area (Å²) in [7, 11) is 0. The number of fused-ring (bicyclic) bond motifs is 1. The molecule has 1 unspecified atom stereocenters. The highest BCUT2D eigenvalue weighted by atomic mass is 35.5. The van der Waals surface area contributed by atoms with Gasteiger partial charge in [0.05, 0.1) is 17.7 Å². The molecule has 0 bridgehead atoms. The lowest BCUT2D eigenvalue weighted by atomic mass is 10.3. The summed E-state index contributed by atoms with van der Waals surface area (Å²) in [4.78, 5) is 4.45. The van der Waals surface area contributed by atoms with Gasteiger partial charge in [-0.2, -0.15) is 0 Å². The molecule has 0 radical (unpaired) electrons. The van der Waals surface area contributed by atoms with E-state index in [9.17, 15) is 0 Å². The molecular formula is C17H19ClN4O2. The van der Waals surface area contributed by atoms with Crippen LogP contribution in [-0.2, 0) is 4.74 Å². The summed E-state index contributed by atoms with van der Waals surface area (Å²) < 4.78 is 13.4. The summed E-state index contributed by atoms with van der Waals surface area (Å²) >= 11 is 0. The number of rotatable bonds is 4. The number of para-hydroxylation sites is 1. The highest BCUT2D eigenvalue weighted by Gasteiger charge is 2.18. The molecule has 6 nitrogen and oxygen atoms in total. The third-order valence-electron chi connectivity index (χ3n) is 3.82. The Bertz CT molecular complexity index is 788. The molecule has 0 amide bonds. The Morgan fingerprint density at radius 1 is 1.21 bits per heavy atom. The van der Waals surface area contributed by atoms with E-state index in [1.807, 2.05) is 47.1 Å². The molecule has 0 saturated carbocycles. The molecule has 3 heterocycles. The summed E-state index contributed by atoms with van der Waals surface area (Å²) in [6.07, 6.45) is 1.82. The van der Waals surface area contributed by atoms with Crippen LogP contribution in [0.4, 0.5) is 0 Å². The molecule has 1 fully saturated rings. The van der Waals surface area contributed by atoms with E-state index in [1.165, 1.54) is 0 Å². The molecule has 1 aromatic carbocycles. The van der Waals surface area contributed by atoms with E-state index >= 15 is 0 Å². The smallest absolute Gasteiger partial charge is 0.243 e. The van der Waals surface area contributed by atoms with Crippen LogP contribution in [0.15, 0.2) is 48.7 Å². The molecule has 0 aliphatic carbocycles. The van der Waals surface area contributed by atoms with Gasteiger partial charge in [0, 0.05) is 19.3 Å². The lowest BCUT2D eigenvalue weighted by Gasteiger charge is -2.23. The molecule has 1 atom stereocenters. The van der Waals surface area contributed by atoms with Crippen molar-refractivity contribution >= 4 is 23.4 Å². The Hall–Kier alpha value is -2.15. The monoisotopic (exact) mass is 346 g/mol. The zero-order chi connectivity index (χ0) is 15.5. The van der Waals surface area contributed by atoms with Crippen LogP contribution in [-0.4, -0.2) is 47.2 Å². The number of nitrogens with one attached hydrogen (secondary N) is 1. The van der Waals surface area contributed by atoms with Gasteiger partial charge in [-0.15, -0.1) is 17.5 Å². The van der Waals surface area contributed by atoms with E-state index in [0.717, 1.165) is 36.4 Å². The van der Waals surface area contributed by atoms with Crippen LogP contribution >= 0.6 is 12.4 Å². The summed E-state index contributed by atoms with van der Waals surface area (Å²) in [6.45, 7) is 2.89. The average molecular weight is 347 g/mol. The number of aromatic nitrogens is 3. The molecule has 1 aliphatic heterocycles. The van der Waals surface area contributed by atoms with Crippen LogP contribution < -0.4 is 10.1 Å². The minimum Gasteiger partial charge on any atom is -0.473 e. The van der Waals surface area contributed by atoms with Gasteiger partial charge in [-0.25, -0.2) is 9.67 Å². The van der Waals surface area contributed by atoms with Gasteiger partial charge in [-0.3, -0.25) is 0 Å². The van der Waals surface area contributed by atoms with Crippen molar-refractivity contribution < 1.29 is 9.47 Å². The van der Waals surface area contributed by atoms with Crippen molar-refractivity contribution in [2.24, 2.45) is 0 Å². The van der Waals surface area contributed by atoms with Crippen LogP contribution in [0.25, 0.3) is 16.7 Å². The zero-order valence-corrected chi connectivity index (χ0v) is 13.9. The van der Waals surface area contributed by atoms with Crippen molar-refractivity contribution in [1.29, 1.82) is 0 Å². The van der Waals surface area contributed by atoms with Gasteiger partial charge in [-0.1, -0.05) is 18.2 Å². The van der Waals surface area contributed by atoms with Crippen molar-refractivity contribution in [2.75, 3.05) is 26.3 Å². The van der Waals surface area contributed by atoms with Crippen LogP contribution in [0.3, 0.4) is 0 Å². The van der Waals surface area contributed by atoms with Gasteiger partial charge in [0.25, 0.3) is 0 Å². The fourth-order valence-electron chi connectivity index (χ4n) is 2.68. The second kappa shape index (κ2) is 7.61. The van der Waals surface area contributed by atoms with Crippen LogP contribution in [0.5, 0.6) is 5.88 Å². The lowest BCUT2D eigenvalue weighted by molar-refractivity contribution is -0.000505. The third-order valence-corrected chi connectivity index (χ3v) is 3.82. The quantitative estimate of drug-likeness (QED) is 0.784. The van der Waals surface area contributed by atoms with Gasteiger partial charge in [-0.05, 0) is 24.3 Å². The third kappa shape index (κ3) is 3.36. The van der Waals surface area contributed by atoms with Gasteiger partial charge in [0.1, 0.15) is 12.7 Å². The number of morpholine rings is 1. The normalized spacial score (nSPS) is 17.4. The van der Waals surface area contributed by atoms with Crippen molar-refractivity contribution in [3.05, 3.63) is 48.7 Å². The molecule has 4 rings (SSSR count). The molecule has 3 aromatic rings. The largest absolute Gasteiger partial charge is 0.473 e. The molecule has 126 valence electrons. The summed E-state index contributed by atoms with van der Waals surface area (Å²) in [5.41, 5.74) is 1.75. The van der Waals surface area contributed by atoms with Gasteiger partial charge in [0.15, 0.2) is 5.65 Å². The van der Waals surface area contributed by atoms with Crippen LogP contribution in [0.2, 0.25) is 0 Å². The molecule has 24 heavy (non-hydrogen) atoms. The van der Waals surface area contributed by atoms with Gasteiger partial charge in [0.2, 0.25) is 5.88 Å². The Labute approximate surface area is 146 Å². The minimum absolute atomic E-state index is 0. The van der Waals surface area contributed by atoms with E-state index in [-0.39, 0.29) is 18.5 Å². The highest BCUT2D eigenvalue weighted by molar-refractivity contribution is 5.85. The van der Waals surface area contributed by atoms with Gasteiger partial charge < -0.3 is 14.8 Å². The standard InChI is InChI=1S/C17H18N4O2.ClH/c1-2-5-13(6-3-1)21-16-15(7-4-8-19-16)17(20-21)23-12-14-11-18-9-10-22-14;/h1-8,14,18H,9-12H2;1H. The van der Waals surface area contributed by atoms with E-state index in [0.29, 0.717) is 12.5 Å². The molecule has 1 aliphatic rings. The van der Waals surface area contributed by atoms with Crippen LogP contribution in [0.1, 0.15) is 0 Å². The first-order valence-electron chi connectivity index (χ1n) is 7.76. The fourth-order valence-corrected chi connectivity index (χ4v) is 2.68. The fraction of sp³-hybridized carbons (Fsp3) is 0.294. The number of nitrogens with zero attached hydrogens (tertiary/aromatic N) is 3. The first kappa shape index (κ1) is 16.7. The first-order valence-corrected chi connectivity index (χ1v) is 7.76. The Kier molecular flexibility index (Phi) is 5.30. The predicted molar refractivity (Wildman–Crippen MR) is 94.2 cm³/mol. The van der Waals surface area contributed by atoms with E-state index in [2.05, 4.69) is 15.4 Å².